The molecule has 0 aromatic rings. The SMILES string of the molecule is C.CCCC(C)C.CCCCC(CCCC)C(CC(C)C)C(CCCC)CCCC. The molecule has 0 rings (SSSR count). The maximum atomic E-state index is 2.44. The molecule has 0 heteroatoms. The zero-order chi connectivity index (χ0) is 22.5. The molecule has 30 heavy (non-hydrogen) atoms. The average Bonchev–Trinajstić information content (AvgIpc) is 2.67. The fourth-order valence-corrected chi connectivity index (χ4v) is 4.90. The minimum absolute atomic E-state index is 0. The second-order valence-corrected chi connectivity index (χ2v) is 10.6. The van der Waals surface area contributed by atoms with Gasteiger partial charge >= 0.3 is 0 Å². The molecule has 0 spiro atoms. The Bertz CT molecular complexity index is 254. The average molecular weight is 427 g/mol. The highest BCUT2D eigenvalue weighted by Gasteiger charge is 2.28. The van der Waals surface area contributed by atoms with Gasteiger partial charge in [0.1, 0.15) is 0 Å². The molecule has 0 aliphatic carbocycles. The van der Waals surface area contributed by atoms with E-state index in [1.165, 1.54) is 96.3 Å². The van der Waals surface area contributed by atoms with Crippen molar-refractivity contribution < 1.29 is 0 Å². The Morgan fingerprint density at radius 1 is 0.433 bits per heavy atom. The van der Waals surface area contributed by atoms with Crippen LogP contribution in [0.3, 0.4) is 0 Å². The summed E-state index contributed by atoms with van der Waals surface area (Å²) in [5.41, 5.74) is 0. The summed E-state index contributed by atoms with van der Waals surface area (Å²) in [6.45, 7) is 21.1. The van der Waals surface area contributed by atoms with Crippen LogP contribution < -0.4 is 0 Å². The van der Waals surface area contributed by atoms with Crippen LogP contribution in [0.5, 0.6) is 0 Å². The van der Waals surface area contributed by atoms with Gasteiger partial charge in [0.2, 0.25) is 0 Å². The lowest BCUT2D eigenvalue weighted by atomic mass is 9.70. The second-order valence-electron chi connectivity index (χ2n) is 10.6. The van der Waals surface area contributed by atoms with Crippen molar-refractivity contribution in [1.82, 2.24) is 0 Å². The molecular weight excluding hydrogens is 360 g/mol. The standard InChI is InChI=1S/C23H48.C6H14.CH4/c1-7-11-15-21(16-12-8-2)23(19-20(5)6)22(17-13-9-3)18-14-10-4;1-4-5-6(2)3;/h20-23H,7-19H2,1-6H3;6H,4-5H2,1-3H3;1H4. The molecule has 0 radical (unpaired) electrons. The van der Waals surface area contributed by atoms with Gasteiger partial charge in [0, 0.05) is 0 Å². The lowest BCUT2D eigenvalue weighted by Gasteiger charge is -2.36. The highest BCUT2D eigenvalue weighted by atomic mass is 14.3. The molecule has 0 aliphatic heterocycles. The highest BCUT2D eigenvalue weighted by molar-refractivity contribution is 4.79. The summed E-state index contributed by atoms with van der Waals surface area (Å²) in [6, 6.07) is 0. The zero-order valence-corrected chi connectivity index (χ0v) is 22.5. The van der Waals surface area contributed by atoms with Crippen LogP contribution in [-0.4, -0.2) is 0 Å². The summed E-state index contributed by atoms with van der Waals surface area (Å²) in [6.07, 6.45) is 21.4. The van der Waals surface area contributed by atoms with Crippen LogP contribution in [0.15, 0.2) is 0 Å². The number of hydrogen-bond acceptors (Lipinski definition) is 0. The second kappa shape index (κ2) is 25.3. The Kier molecular flexibility index (Phi) is 29.1. The van der Waals surface area contributed by atoms with E-state index >= 15 is 0 Å². The Labute approximate surface area is 195 Å². The van der Waals surface area contributed by atoms with Crippen LogP contribution in [0.1, 0.15) is 166 Å². The van der Waals surface area contributed by atoms with E-state index in [0.717, 1.165) is 29.6 Å². The first kappa shape index (κ1) is 34.6. The van der Waals surface area contributed by atoms with Crippen LogP contribution in [0.4, 0.5) is 0 Å². The normalized spacial score (nSPS) is 11.4. The predicted molar refractivity (Wildman–Crippen MR) is 145 cm³/mol. The smallest absolute Gasteiger partial charge is 0.0355 e. The first-order valence-corrected chi connectivity index (χ1v) is 13.9. The van der Waals surface area contributed by atoms with Gasteiger partial charge in [0.05, 0.1) is 0 Å². The van der Waals surface area contributed by atoms with E-state index in [9.17, 15) is 0 Å². The highest BCUT2D eigenvalue weighted by Crippen LogP contribution is 2.39. The molecule has 0 unspecified atom stereocenters. The van der Waals surface area contributed by atoms with Crippen molar-refractivity contribution in [3.05, 3.63) is 0 Å². The van der Waals surface area contributed by atoms with Crippen molar-refractivity contribution in [2.24, 2.45) is 29.6 Å². The van der Waals surface area contributed by atoms with E-state index in [0.29, 0.717) is 0 Å². The van der Waals surface area contributed by atoms with E-state index in [1.807, 2.05) is 0 Å². The minimum Gasteiger partial charge on any atom is -0.0776 e. The Morgan fingerprint density at radius 3 is 0.933 bits per heavy atom. The lowest BCUT2D eigenvalue weighted by Crippen LogP contribution is -2.26. The van der Waals surface area contributed by atoms with Crippen LogP contribution in [0, 0.1) is 29.6 Å². The molecule has 0 amide bonds. The predicted octanol–water partition coefficient (Wildman–Crippen LogP) is 11.7. The van der Waals surface area contributed by atoms with E-state index in [4.69, 9.17) is 0 Å². The maximum Gasteiger partial charge on any atom is -0.0355 e. The molecule has 0 heterocycles. The Morgan fingerprint density at radius 2 is 0.767 bits per heavy atom. The third-order valence-electron chi connectivity index (χ3n) is 6.53. The maximum absolute atomic E-state index is 2.44. The van der Waals surface area contributed by atoms with Crippen molar-refractivity contribution in [3.63, 3.8) is 0 Å². The quantitative estimate of drug-likeness (QED) is 0.204. The fraction of sp³-hybridized carbons (Fsp3) is 1.00. The van der Waals surface area contributed by atoms with Gasteiger partial charge in [-0.1, -0.05) is 160 Å². The molecule has 0 saturated carbocycles. The first-order valence-electron chi connectivity index (χ1n) is 13.9. The van der Waals surface area contributed by atoms with Crippen molar-refractivity contribution in [3.8, 4) is 0 Å². The van der Waals surface area contributed by atoms with Crippen molar-refractivity contribution in [2.75, 3.05) is 0 Å². The molecule has 0 aromatic carbocycles. The number of unbranched alkanes of at least 4 members (excludes halogenated alkanes) is 4. The molecule has 0 saturated heterocycles. The van der Waals surface area contributed by atoms with Crippen LogP contribution in [0.25, 0.3) is 0 Å². The van der Waals surface area contributed by atoms with E-state index < -0.39 is 0 Å². The summed E-state index contributed by atoms with van der Waals surface area (Å²) >= 11 is 0. The van der Waals surface area contributed by atoms with Crippen molar-refractivity contribution in [2.45, 2.75) is 166 Å². The van der Waals surface area contributed by atoms with Gasteiger partial charge in [-0.2, -0.15) is 0 Å². The number of rotatable bonds is 18. The lowest BCUT2D eigenvalue weighted by molar-refractivity contribution is 0.146. The third-order valence-corrected chi connectivity index (χ3v) is 6.53. The van der Waals surface area contributed by atoms with Gasteiger partial charge in [-0.25, -0.2) is 0 Å². The summed E-state index contributed by atoms with van der Waals surface area (Å²) < 4.78 is 0. The molecule has 0 aromatic heterocycles. The van der Waals surface area contributed by atoms with Crippen LogP contribution in [-0.2, 0) is 0 Å². The molecule has 0 nitrogen and oxygen atoms in total. The summed E-state index contributed by atoms with van der Waals surface area (Å²) in [5, 5.41) is 0. The minimum atomic E-state index is 0. The fourth-order valence-electron chi connectivity index (χ4n) is 4.90. The van der Waals surface area contributed by atoms with Crippen molar-refractivity contribution >= 4 is 0 Å². The molecule has 0 fully saturated rings. The van der Waals surface area contributed by atoms with Gasteiger partial charge in [-0.15, -0.1) is 0 Å². The summed E-state index contributed by atoms with van der Waals surface area (Å²) in [7, 11) is 0. The first-order chi connectivity index (χ1) is 13.9. The monoisotopic (exact) mass is 427 g/mol. The Hall–Kier alpha value is 0. The Balaban J connectivity index is -0.000000905. The van der Waals surface area contributed by atoms with Crippen LogP contribution >= 0.6 is 0 Å². The molecule has 0 bridgehead atoms. The van der Waals surface area contributed by atoms with E-state index in [-0.39, 0.29) is 7.43 Å². The largest absolute Gasteiger partial charge is 0.0776 e. The van der Waals surface area contributed by atoms with Crippen molar-refractivity contribution in [1.29, 1.82) is 0 Å². The topological polar surface area (TPSA) is 0 Å². The van der Waals surface area contributed by atoms with E-state index in [2.05, 4.69) is 62.3 Å². The molecule has 186 valence electrons. The molecular formula is C30H66. The molecule has 0 atom stereocenters. The van der Waals surface area contributed by atoms with Gasteiger partial charge in [0.15, 0.2) is 0 Å². The number of hydrogen-bond donors (Lipinski definition) is 0. The van der Waals surface area contributed by atoms with Crippen LogP contribution in [0.2, 0.25) is 0 Å². The third kappa shape index (κ3) is 21.2. The molecule has 0 N–H and O–H groups in total. The molecule has 0 aliphatic rings. The van der Waals surface area contributed by atoms with Gasteiger partial charge in [-0.3, -0.25) is 0 Å². The zero-order valence-electron chi connectivity index (χ0n) is 22.5. The summed E-state index contributed by atoms with van der Waals surface area (Å²) in [4.78, 5) is 0. The summed E-state index contributed by atoms with van der Waals surface area (Å²) in [5.74, 6) is 4.74. The van der Waals surface area contributed by atoms with E-state index in [1.54, 1.807) is 0 Å². The van der Waals surface area contributed by atoms with Gasteiger partial charge in [0.25, 0.3) is 0 Å². The van der Waals surface area contributed by atoms with Gasteiger partial charge in [-0.05, 0) is 36.0 Å². The van der Waals surface area contributed by atoms with Gasteiger partial charge < -0.3 is 0 Å².